The summed E-state index contributed by atoms with van der Waals surface area (Å²) >= 11 is 0. The molecule has 0 unspecified atom stereocenters. The van der Waals surface area contributed by atoms with E-state index in [-0.39, 0.29) is 11.9 Å². The van der Waals surface area contributed by atoms with Crippen LogP contribution in [-0.4, -0.2) is 12.6 Å². The Hall–Kier alpha value is -1.69. The zero-order chi connectivity index (χ0) is 9.97. The van der Waals surface area contributed by atoms with E-state index in [9.17, 15) is 4.39 Å². The number of ether oxygens (including phenoxy) is 1. The van der Waals surface area contributed by atoms with E-state index in [1.54, 1.807) is 6.07 Å². The molecule has 0 bridgehead atoms. The molecule has 0 saturated heterocycles. The van der Waals surface area contributed by atoms with Gasteiger partial charge in [-0.05, 0) is 12.1 Å². The zero-order valence-electron chi connectivity index (χ0n) is 7.59. The van der Waals surface area contributed by atoms with Gasteiger partial charge in [0, 0.05) is 12.5 Å². The van der Waals surface area contributed by atoms with Gasteiger partial charge in [-0.25, -0.2) is 4.39 Å². The van der Waals surface area contributed by atoms with Crippen LogP contribution < -0.4 is 10.1 Å². The Morgan fingerprint density at radius 3 is 3.29 bits per heavy atom. The van der Waals surface area contributed by atoms with Crippen molar-refractivity contribution in [3.05, 3.63) is 24.0 Å². The molecule has 3 heteroatoms. The summed E-state index contributed by atoms with van der Waals surface area (Å²) in [6.07, 6.45) is 5.81. The van der Waals surface area contributed by atoms with Crippen molar-refractivity contribution in [2.24, 2.45) is 0 Å². The van der Waals surface area contributed by atoms with Gasteiger partial charge in [0.1, 0.15) is 18.2 Å². The summed E-state index contributed by atoms with van der Waals surface area (Å²) in [4.78, 5) is 0. The minimum Gasteiger partial charge on any atom is -0.489 e. The average molecular weight is 191 g/mol. The summed E-state index contributed by atoms with van der Waals surface area (Å²) in [5.41, 5.74) is 0.804. The number of anilines is 1. The molecule has 1 N–H and O–H groups in total. The maximum absolute atomic E-state index is 12.8. The maximum Gasteiger partial charge on any atom is 0.145 e. The smallest absolute Gasteiger partial charge is 0.145 e. The summed E-state index contributed by atoms with van der Waals surface area (Å²) in [6.45, 7) is 0.487. The summed E-state index contributed by atoms with van der Waals surface area (Å²) < 4.78 is 18.2. The van der Waals surface area contributed by atoms with E-state index < -0.39 is 0 Å². The maximum atomic E-state index is 12.8. The quantitative estimate of drug-likeness (QED) is 0.686. The number of benzene rings is 1. The number of rotatable bonds is 1. The molecule has 1 heterocycles. The second kappa shape index (κ2) is 3.59. The molecule has 2 nitrogen and oxygen atoms in total. The highest BCUT2D eigenvalue weighted by Crippen LogP contribution is 2.29. The summed E-state index contributed by atoms with van der Waals surface area (Å²) in [7, 11) is 0. The van der Waals surface area contributed by atoms with Gasteiger partial charge in [-0.15, -0.1) is 12.3 Å². The number of fused-ring (bicyclic) bond motifs is 1. The average Bonchev–Trinajstić information content (AvgIpc) is 2.19. The number of hydrogen-bond acceptors (Lipinski definition) is 2. The van der Waals surface area contributed by atoms with E-state index >= 15 is 0 Å². The van der Waals surface area contributed by atoms with E-state index in [1.807, 2.05) is 0 Å². The van der Waals surface area contributed by atoms with Gasteiger partial charge in [0.05, 0.1) is 11.7 Å². The highest BCUT2D eigenvalue weighted by atomic mass is 19.1. The second-order valence-corrected chi connectivity index (χ2v) is 3.20. The fourth-order valence-electron chi connectivity index (χ4n) is 1.44. The minimum atomic E-state index is -0.291. The van der Waals surface area contributed by atoms with Crippen molar-refractivity contribution in [2.75, 3.05) is 11.9 Å². The van der Waals surface area contributed by atoms with Crippen molar-refractivity contribution in [2.45, 2.75) is 12.5 Å². The fourth-order valence-corrected chi connectivity index (χ4v) is 1.44. The van der Waals surface area contributed by atoms with Crippen molar-refractivity contribution in [3.63, 3.8) is 0 Å². The molecular weight excluding hydrogens is 181 g/mol. The number of halogens is 1. The van der Waals surface area contributed by atoms with Gasteiger partial charge in [-0.3, -0.25) is 0 Å². The molecule has 1 aliphatic rings. The largest absolute Gasteiger partial charge is 0.489 e. The van der Waals surface area contributed by atoms with E-state index in [2.05, 4.69) is 11.2 Å². The van der Waals surface area contributed by atoms with Crippen LogP contribution >= 0.6 is 0 Å². The molecule has 1 aromatic rings. The van der Waals surface area contributed by atoms with Gasteiger partial charge in [-0.2, -0.15) is 0 Å². The zero-order valence-corrected chi connectivity index (χ0v) is 7.59. The first kappa shape index (κ1) is 8.89. The number of hydrogen-bond donors (Lipinski definition) is 1. The molecular formula is C11H10FNO. The lowest BCUT2D eigenvalue weighted by molar-refractivity contribution is 0.284. The first-order valence-electron chi connectivity index (χ1n) is 4.42. The monoisotopic (exact) mass is 191 g/mol. The Balaban J connectivity index is 2.20. The van der Waals surface area contributed by atoms with Gasteiger partial charge in [0.25, 0.3) is 0 Å². The van der Waals surface area contributed by atoms with Crippen LogP contribution in [-0.2, 0) is 0 Å². The Labute approximate surface area is 82.1 Å². The van der Waals surface area contributed by atoms with Crippen LogP contribution in [0.15, 0.2) is 18.2 Å². The number of terminal acetylenes is 1. The molecule has 0 spiro atoms. The van der Waals surface area contributed by atoms with E-state index in [0.717, 1.165) is 5.69 Å². The van der Waals surface area contributed by atoms with Gasteiger partial charge in [-0.1, -0.05) is 0 Å². The molecule has 14 heavy (non-hydrogen) atoms. The molecule has 0 fully saturated rings. The van der Waals surface area contributed by atoms with E-state index in [0.29, 0.717) is 18.8 Å². The Morgan fingerprint density at radius 1 is 1.64 bits per heavy atom. The molecule has 0 aromatic heterocycles. The van der Waals surface area contributed by atoms with Crippen LogP contribution in [0.2, 0.25) is 0 Å². The van der Waals surface area contributed by atoms with E-state index in [4.69, 9.17) is 11.2 Å². The van der Waals surface area contributed by atoms with Crippen LogP contribution in [0.1, 0.15) is 6.42 Å². The second-order valence-electron chi connectivity index (χ2n) is 3.20. The Bertz CT molecular complexity index is 383. The third kappa shape index (κ3) is 1.64. The predicted molar refractivity (Wildman–Crippen MR) is 52.8 cm³/mol. The molecule has 0 radical (unpaired) electrons. The van der Waals surface area contributed by atoms with Crippen LogP contribution in [0.3, 0.4) is 0 Å². The fraction of sp³-hybridized carbons (Fsp3) is 0.273. The first-order chi connectivity index (χ1) is 6.79. The molecule has 1 atom stereocenters. The molecule has 2 rings (SSSR count). The normalized spacial score (nSPS) is 18.7. The molecule has 72 valence electrons. The molecule has 1 aromatic carbocycles. The van der Waals surface area contributed by atoms with Crippen LogP contribution in [0, 0.1) is 18.2 Å². The van der Waals surface area contributed by atoms with Crippen molar-refractivity contribution in [1.29, 1.82) is 0 Å². The Kier molecular flexibility index (Phi) is 2.28. The lowest BCUT2D eigenvalue weighted by Gasteiger charge is -2.26. The molecule has 0 saturated carbocycles. The van der Waals surface area contributed by atoms with Crippen molar-refractivity contribution >= 4 is 5.69 Å². The van der Waals surface area contributed by atoms with E-state index in [1.165, 1.54) is 12.1 Å². The summed E-state index contributed by atoms with van der Waals surface area (Å²) in [6, 6.07) is 4.55. The third-order valence-corrected chi connectivity index (χ3v) is 2.11. The molecule has 0 amide bonds. The highest BCUT2D eigenvalue weighted by Gasteiger charge is 2.17. The van der Waals surface area contributed by atoms with Gasteiger partial charge in [0.2, 0.25) is 0 Å². The third-order valence-electron chi connectivity index (χ3n) is 2.11. The van der Waals surface area contributed by atoms with Crippen molar-refractivity contribution in [1.82, 2.24) is 0 Å². The topological polar surface area (TPSA) is 21.3 Å². The van der Waals surface area contributed by atoms with Crippen molar-refractivity contribution in [3.8, 4) is 18.1 Å². The predicted octanol–water partition coefficient (Wildman–Crippen LogP) is 2.02. The number of nitrogens with one attached hydrogen (secondary N) is 1. The van der Waals surface area contributed by atoms with Crippen molar-refractivity contribution < 1.29 is 9.13 Å². The Morgan fingerprint density at radius 2 is 2.50 bits per heavy atom. The SMILES string of the molecule is C#CC[C@H]1COc2cc(F)ccc2N1. The van der Waals surface area contributed by atoms with Crippen LogP contribution in [0.4, 0.5) is 10.1 Å². The lowest BCUT2D eigenvalue weighted by atomic mass is 10.1. The lowest BCUT2D eigenvalue weighted by Crippen LogP contribution is -2.30. The van der Waals surface area contributed by atoms with Crippen LogP contribution in [0.25, 0.3) is 0 Å². The molecule has 1 aliphatic heterocycles. The van der Waals surface area contributed by atoms with Gasteiger partial charge >= 0.3 is 0 Å². The van der Waals surface area contributed by atoms with Gasteiger partial charge < -0.3 is 10.1 Å². The summed E-state index contributed by atoms with van der Waals surface area (Å²) in [5.74, 6) is 2.83. The standard InChI is InChI=1S/C11H10FNO/c1-2-3-9-7-14-11-6-8(12)4-5-10(11)13-9/h1,4-6,9,13H,3,7H2/t9-/m0/s1. The minimum absolute atomic E-state index is 0.123. The molecule has 0 aliphatic carbocycles. The first-order valence-corrected chi connectivity index (χ1v) is 4.42. The van der Waals surface area contributed by atoms with Gasteiger partial charge in [0.15, 0.2) is 0 Å². The highest BCUT2D eigenvalue weighted by molar-refractivity contribution is 5.58. The summed E-state index contributed by atoms with van der Waals surface area (Å²) in [5, 5.41) is 3.19. The van der Waals surface area contributed by atoms with Crippen LogP contribution in [0.5, 0.6) is 5.75 Å².